The number of methoxy groups -OCH3 is 1. The summed E-state index contributed by atoms with van der Waals surface area (Å²) in [5.74, 6) is 0.902. The lowest BCUT2D eigenvalue weighted by molar-refractivity contribution is -0.132. The summed E-state index contributed by atoms with van der Waals surface area (Å²) in [6, 6.07) is 7.23. The highest BCUT2D eigenvalue weighted by molar-refractivity contribution is 5.85. The third-order valence-corrected chi connectivity index (χ3v) is 2.93. The maximum atomic E-state index is 12.0. The first-order chi connectivity index (χ1) is 8.45. The fourth-order valence-corrected chi connectivity index (χ4v) is 1.66. The van der Waals surface area contributed by atoms with E-state index in [9.17, 15) is 4.79 Å². The van der Waals surface area contributed by atoms with Crippen LogP contribution in [0.5, 0.6) is 5.75 Å². The summed E-state index contributed by atoms with van der Waals surface area (Å²) in [5.41, 5.74) is 6.88. The van der Waals surface area contributed by atoms with E-state index >= 15 is 0 Å². The van der Waals surface area contributed by atoms with Crippen molar-refractivity contribution in [3.05, 3.63) is 29.8 Å². The van der Waals surface area contributed by atoms with Crippen molar-refractivity contribution in [2.24, 2.45) is 11.7 Å². The van der Waals surface area contributed by atoms with Crippen LogP contribution in [0.25, 0.3) is 0 Å². The Hall–Kier alpha value is -1.26. The number of nitrogens with two attached hydrogens (primary N) is 1. The molecule has 1 atom stereocenters. The fraction of sp³-hybridized carbons (Fsp3) is 0.500. The third-order valence-electron chi connectivity index (χ3n) is 2.93. The minimum absolute atomic E-state index is 0. The van der Waals surface area contributed by atoms with Crippen LogP contribution in [0.4, 0.5) is 0 Å². The number of benzene rings is 1. The van der Waals surface area contributed by atoms with Gasteiger partial charge in [0.15, 0.2) is 0 Å². The number of hydrogen-bond donors (Lipinski definition) is 1. The molecule has 1 aromatic rings. The molecule has 2 N–H and O–H groups in total. The van der Waals surface area contributed by atoms with Crippen molar-refractivity contribution < 1.29 is 9.53 Å². The van der Waals surface area contributed by atoms with E-state index in [2.05, 4.69) is 0 Å². The molecule has 1 rings (SSSR count). The zero-order chi connectivity index (χ0) is 13.7. The van der Waals surface area contributed by atoms with Crippen molar-refractivity contribution in [3.63, 3.8) is 0 Å². The average Bonchev–Trinajstić information content (AvgIpc) is 2.36. The monoisotopic (exact) mass is 286 g/mol. The molecule has 4 nitrogen and oxygen atoms in total. The van der Waals surface area contributed by atoms with Crippen molar-refractivity contribution in [2.75, 3.05) is 14.2 Å². The van der Waals surface area contributed by atoms with Gasteiger partial charge in [0.25, 0.3) is 0 Å². The first-order valence-corrected chi connectivity index (χ1v) is 6.09. The molecule has 19 heavy (non-hydrogen) atoms. The second kappa shape index (κ2) is 8.02. The predicted octanol–water partition coefficient (Wildman–Crippen LogP) is 2.06. The molecule has 0 heterocycles. The Labute approximate surface area is 121 Å². The molecule has 0 aliphatic carbocycles. The Morgan fingerprint density at radius 1 is 1.42 bits per heavy atom. The highest BCUT2D eigenvalue weighted by atomic mass is 35.5. The van der Waals surface area contributed by atoms with Gasteiger partial charge < -0.3 is 15.4 Å². The van der Waals surface area contributed by atoms with Crippen LogP contribution in [-0.2, 0) is 11.3 Å². The van der Waals surface area contributed by atoms with Gasteiger partial charge in [-0.15, -0.1) is 12.4 Å². The molecule has 0 fully saturated rings. The summed E-state index contributed by atoms with van der Waals surface area (Å²) in [6.45, 7) is 4.43. The van der Waals surface area contributed by atoms with E-state index in [0.29, 0.717) is 6.54 Å². The van der Waals surface area contributed by atoms with Gasteiger partial charge in [-0.2, -0.15) is 0 Å². The molecular weight excluding hydrogens is 264 g/mol. The maximum absolute atomic E-state index is 12.0. The molecule has 108 valence electrons. The Bertz CT molecular complexity index is 410. The Morgan fingerprint density at radius 2 is 2.05 bits per heavy atom. The van der Waals surface area contributed by atoms with Gasteiger partial charge in [0.1, 0.15) is 5.75 Å². The Balaban J connectivity index is 0.00000324. The second-order valence-electron chi connectivity index (χ2n) is 4.82. The summed E-state index contributed by atoms with van der Waals surface area (Å²) in [5, 5.41) is 0. The van der Waals surface area contributed by atoms with Gasteiger partial charge in [0.05, 0.1) is 13.2 Å². The van der Waals surface area contributed by atoms with Crippen LogP contribution in [0, 0.1) is 5.92 Å². The zero-order valence-electron chi connectivity index (χ0n) is 11.9. The van der Waals surface area contributed by atoms with Gasteiger partial charge >= 0.3 is 0 Å². The van der Waals surface area contributed by atoms with E-state index in [1.54, 1.807) is 19.1 Å². The molecule has 1 unspecified atom stereocenters. The molecule has 0 bridgehead atoms. The van der Waals surface area contributed by atoms with Crippen molar-refractivity contribution in [1.29, 1.82) is 0 Å². The lowest BCUT2D eigenvalue weighted by Gasteiger charge is -2.23. The number of halogens is 1. The van der Waals surface area contributed by atoms with Crippen molar-refractivity contribution in [3.8, 4) is 5.75 Å². The van der Waals surface area contributed by atoms with Crippen LogP contribution in [0.1, 0.15) is 19.4 Å². The van der Waals surface area contributed by atoms with E-state index in [0.717, 1.165) is 11.3 Å². The van der Waals surface area contributed by atoms with Crippen molar-refractivity contribution in [2.45, 2.75) is 26.4 Å². The highest BCUT2D eigenvalue weighted by Crippen LogP contribution is 2.14. The molecular formula is C14H23ClN2O2. The standard InChI is InChI=1S/C14H22N2O2.ClH/c1-10(2)13(15)14(17)16(3)9-11-6-5-7-12(8-11)18-4;/h5-8,10,13H,9,15H2,1-4H3;1H. The van der Waals surface area contributed by atoms with Crippen molar-refractivity contribution in [1.82, 2.24) is 4.90 Å². The van der Waals surface area contributed by atoms with E-state index in [-0.39, 0.29) is 24.2 Å². The van der Waals surface area contributed by atoms with E-state index in [1.807, 2.05) is 38.1 Å². The van der Waals surface area contributed by atoms with Gasteiger partial charge in [-0.05, 0) is 23.6 Å². The minimum Gasteiger partial charge on any atom is -0.497 e. The number of amides is 1. The van der Waals surface area contributed by atoms with Crippen LogP contribution in [0.2, 0.25) is 0 Å². The second-order valence-corrected chi connectivity index (χ2v) is 4.82. The smallest absolute Gasteiger partial charge is 0.239 e. The van der Waals surface area contributed by atoms with Gasteiger partial charge in [0.2, 0.25) is 5.91 Å². The van der Waals surface area contributed by atoms with Gasteiger partial charge in [0, 0.05) is 13.6 Å². The molecule has 1 amide bonds. The van der Waals surface area contributed by atoms with Crippen LogP contribution in [-0.4, -0.2) is 31.0 Å². The van der Waals surface area contributed by atoms with Crippen LogP contribution in [0.3, 0.4) is 0 Å². The number of hydrogen-bond acceptors (Lipinski definition) is 3. The molecule has 0 aliphatic heterocycles. The normalized spacial score (nSPS) is 11.7. The topological polar surface area (TPSA) is 55.6 Å². The van der Waals surface area contributed by atoms with Gasteiger partial charge in [-0.25, -0.2) is 0 Å². The molecule has 1 aromatic carbocycles. The first-order valence-electron chi connectivity index (χ1n) is 6.09. The van der Waals surface area contributed by atoms with E-state index < -0.39 is 6.04 Å². The Kier molecular flexibility index (Phi) is 7.49. The SMILES string of the molecule is COc1cccc(CN(C)C(=O)C(N)C(C)C)c1.Cl. The predicted molar refractivity (Wildman–Crippen MR) is 79.5 cm³/mol. The summed E-state index contributed by atoms with van der Waals surface area (Å²) in [7, 11) is 3.40. The van der Waals surface area contributed by atoms with Gasteiger partial charge in [-0.1, -0.05) is 26.0 Å². The van der Waals surface area contributed by atoms with Crippen LogP contribution >= 0.6 is 12.4 Å². The van der Waals surface area contributed by atoms with Crippen LogP contribution in [0.15, 0.2) is 24.3 Å². The number of rotatable bonds is 5. The molecule has 0 radical (unpaired) electrons. The number of nitrogens with zero attached hydrogens (tertiary/aromatic N) is 1. The minimum atomic E-state index is -0.444. The number of carbonyl (C=O) groups excluding carboxylic acids is 1. The van der Waals surface area contributed by atoms with Crippen molar-refractivity contribution >= 4 is 18.3 Å². The third kappa shape index (κ3) is 5.09. The largest absolute Gasteiger partial charge is 0.497 e. The lowest BCUT2D eigenvalue weighted by Crippen LogP contribution is -2.44. The maximum Gasteiger partial charge on any atom is 0.239 e. The average molecular weight is 287 g/mol. The summed E-state index contributed by atoms with van der Waals surface area (Å²) >= 11 is 0. The van der Waals surface area contributed by atoms with Crippen LogP contribution < -0.4 is 10.5 Å². The zero-order valence-corrected chi connectivity index (χ0v) is 12.7. The molecule has 0 saturated heterocycles. The quantitative estimate of drug-likeness (QED) is 0.901. The molecule has 0 saturated carbocycles. The number of carbonyl (C=O) groups is 1. The van der Waals surface area contributed by atoms with E-state index in [1.165, 1.54) is 0 Å². The molecule has 0 aromatic heterocycles. The highest BCUT2D eigenvalue weighted by Gasteiger charge is 2.20. The first kappa shape index (κ1) is 17.7. The number of likely N-dealkylation sites (N-methyl/N-ethyl adjacent to an activating group) is 1. The number of ether oxygens (including phenoxy) is 1. The lowest BCUT2D eigenvalue weighted by atomic mass is 10.0. The summed E-state index contributed by atoms with van der Waals surface area (Å²) in [6.07, 6.45) is 0. The fourth-order valence-electron chi connectivity index (χ4n) is 1.66. The summed E-state index contributed by atoms with van der Waals surface area (Å²) in [4.78, 5) is 13.7. The Morgan fingerprint density at radius 3 is 2.58 bits per heavy atom. The van der Waals surface area contributed by atoms with E-state index in [4.69, 9.17) is 10.5 Å². The molecule has 0 spiro atoms. The van der Waals surface area contributed by atoms with Gasteiger partial charge in [-0.3, -0.25) is 4.79 Å². The summed E-state index contributed by atoms with van der Waals surface area (Å²) < 4.78 is 5.15. The molecule has 5 heteroatoms. The molecule has 0 aliphatic rings.